The summed E-state index contributed by atoms with van der Waals surface area (Å²) >= 11 is 13.0. The smallest absolute Gasteiger partial charge is 0.162 e. The van der Waals surface area contributed by atoms with Gasteiger partial charge >= 0.3 is 0 Å². The number of terminal acetylenes is 1. The summed E-state index contributed by atoms with van der Waals surface area (Å²) < 4.78 is 5.88. The van der Waals surface area contributed by atoms with Gasteiger partial charge in [0.15, 0.2) is 11.6 Å². The Morgan fingerprint density at radius 1 is 1.00 bits per heavy atom. The molecule has 0 atom stereocenters. The lowest BCUT2D eigenvalue weighted by atomic mass is 9.63. The Balaban J connectivity index is 2.05. The van der Waals surface area contributed by atoms with Crippen molar-refractivity contribution < 1.29 is 14.3 Å². The van der Waals surface area contributed by atoms with Crippen LogP contribution in [0.4, 0.5) is 0 Å². The third-order valence-electron chi connectivity index (χ3n) is 6.99. The molecule has 1 aliphatic heterocycles. The number of Topliss-reactive ketones (excluding diaryl/α,β-unsaturated/α-hetero) is 2. The predicted octanol–water partition coefficient (Wildman–Crippen LogP) is 6.71. The quantitative estimate of drug-likeness (QED) is 0.431. The van der Waals surface area contributed by atoms with E-state index in [-0.39, 0.29) is 29.0 Å². The van der Waals surface area contributed by atoms with Gasteiger partial charge in [0.2, 0.25) is 0 Å². The summed E-state index contributed by atoms with van der Waals surface area (Å²) in [4.78, 5) is 29.7. The Hall–Kier alpha value is -2.22. The van der Waals surface area contributed by atoms with E-state index in [1.165, 1.54) is 0 Å². The Bertz CT molecular complexity index is 1130. The van der Waals surface area contributed by atoms with E-state index in [9.17, 15) is 9.59 Å². The van der Waals surface area contributed by atoms with Gasteiger partial charge in [0.1, 0.15) is 12.4 Å². The first-order valence-corrected chi connectivity index (χ1v) is 12.5. The zero-order valence-electron chi connectivity index (χ0n) is 20.5. The Morgan fingerprint density at radius 3 is 2.00 bits per heavy atom. The minimum Gasteiger partial charge on any atom is -0.479 e. The maximum Gasteiger partial charge on any atom is 0.162 e. The topological polar surface area (TPSA) is 46.6 Å². The maximum atomic E-state index is 13.7. The molecule has 0 N–H and O–H groups in total. The van der Waals surface area contributed by atoms with Crippen molar-refractivity contribution in [2.45, 2.75) is 66.2 Å². The summed E-state index contributed by atoms with van der Waals surface area (Å²) in [5.74, 6) is 2.39. The molecule has 0 unspecified atom stereocenters. The molecule has 6 heteroatoms. The number of halogens is 2. The van der Waals surface area contributed by atoms with Crippen molar-refractivity contribution >= 4 is 34.8 Å². The van der Waals surface area contributed by atoms with Crippen LogP contribution in [-0.2, 0) is 9.59 Å². The van der Waals surface area contributed by atoms with E-state index in [0.29, 0.717) is 51.9 Å². The van der Waals surface area contributed by atoms with Crippen LogP contribution in [0.3, 0.4) is 0 Å². The molecular formula is C28H31Cl2NO3. The summed E-state index contributed by atoms with van der Waals surface area (Å²) in [6, 6.07) is 3.36. The number of benzene rings is 1. The van der Waals surface area contributed by atoms with Crippen molar-refractivity contribution in [2.24, 2.45) is 10.8 Å². The molecule has 34 heavy (non-hydrogen) atoms. The number of carbonyl (C=O) groups excluding carboxylic acids is 2. The van der Waals surface area contributed by atoms with E-state index in [1.54, 1.807) is 12.1 Å². The molecular weight excluding hydrogens is 469 g/mol. The maximum absolute atomic E-state index is 13.7. The van der Waals surface area contributed by atoms with Crippen LogP contribution < -0.4 is 4.74 Å². The second kappa shape index (κ2) is 8.77. The van der Waals surface area contributed by atoms with E-state index in [4.69, 9.17) is 34.4 Å². The molecule has 4 nitrogen and oxygen atoms in total. The highest BCUT2D eigenvalue weighted by Crippen LogP contribution is 2.56. The number of rotatable bonds is 4. The van der Waals surface area contributed by atoms with E-state index in [0.717, 1.165) is 24.2 Å². The number of hydrogen-bond acceptors (Lipinski definition) is 4. The molecule has 0 radical (unpaired) electrons. The van der Waals surface area contributed by atoms with Gasteiger partial charge in [-0.1, -0.05) is 56.8 Å². The van der Waals surface area contributed by atoms with Crippen LogP contribution in [0, 0.1) is 23.2 Å². The third kappa shape index (κ3) is 4.30. The first kappa shape index (κ1) is 24.9. The lowest BCUT2D eigenvalue weighted by molar-refractivity contribution is -0.119. The number of ketones is 2. The first-order valence-electron chi connectivity index (χ1n) is 11.7. The standard InChI is InChI=1S/C28H31Cl2NO3/c1-7-9-34-26-17(10-16(29)11-18(26)30)23-24-19(12-27(3,4)14-21(24)32)31(8-2)20-13-28(5,6)15-22(33)25(20)23/h1,10-11,23H,8-9,12-15H2,2-6H3. The van der Waals surface area contributed by atoms with Gasteiger partial charge in [-0.2, -0.15) is 0 Å². The summed E-state index contributed by atoms with van der Waals surface area (Å²) in [5, 5.41) is 0.731. The van der Waals surface area contributed by atoms with Crippen LogP contribution >= 0.6 is 23.2 Å². The molecule has 0 amide bonds. The van der Waals surface area contributed by atoms with Gasteiger partial charge in [-0.05, 0) is 42.7 Å². The van der Waals surface area contributed by atoms with Crippen LogP contribution in [-0.4, -0.2) is 29.6 Å². The molecule has 0 saturated carbocycles. The van der Waals surface area contributed by atoms with Crippen molar-refractivity contribution in [1.82, 2.24) is 4.90 Å². The third-order valence-corrected chi connectivity index (χ3v) is 7.48. The first-order chi connectivity index (χ1) is 15.9. The fraction of sp³-hybridized carbons (Fsp3) is 0.500. The zero-order valence-corrected chi connectivity index (χ0v) is 22.0. The number of carbonyl (C=O) groups is 2. The Morgan fingerprint density at radius 2 is 1.53 bits per heavy atom. The highest BCUT2D eigenvalue weighted by Gasteiger charge is 2.49. The van der Waals surface area contributed by atoms with E-state index in [1.807, 2.05) is 0 Å². The molecule has 0 spiro atoms. The molecule has 180 valence electrons. The summed E-state index contributed by atoms with van der Waals surface area (Å²) in [7, 11) is 0. The average molecular weight is 500 g/mol. The summed E-state index contributed by atoms with van der Waals surface area (Å²) in [6.45, 7) is 11.3. The van der Waals surface area contributed by atoms with Gasteiger partial charge in [-0.15, -0.1) is 6.42 Å². The van der Waals surface area contributed by atoms with E-state index in [2.05, 4.69) is 45.4 Å². The molecule has 4 rings (SSSR count). The highest BCUT2D eigenvalue weighted by atomic mass is 35.5. The summed E-state index contributed by atoms with van der Waals surface area (Å²) in [6.07, 6.45) is 7.78. The average Bonchev–Trinajstić information content (AvgIpc) is 2.69. The molecule has 0 aromatic heterocycles. The van der Waals surface area contributed by atoms with Gasteiger partial charge < -0.3 is 9.64 Å². The van der Waals surface area contributed by atoms with Crippen LogP contribution in [0.5, 0.6) is 5.75 Å². The van der Waals surface area contributed by atoms with Crippen LogP contribution in [0.25, 0.3) is 0 Å². The van der Waals surface area contributed by atoms with E-state index >= 15 is 0 Å². The van der Waals surface area contributed by atoms with Crippen molar-refractivity contribution in [3.8, 4) is 18.1 Å². The molecule has 3 aliphatic rings. The molecule has 0 bridgehead atoms. The minimum atomic E-state index is -0.580. The molecule has 1 heterocycles. The second-order valence-electron chi connectivity index (χ2n) is 11.1. The Labute approximate surface area is 212 Å². The number of nitrogens with zero attached hydrogens (tertiary/aromatic N) is 1. The molecule has 1 aromatic carbocycles. The molecule has 0 fully saturated rings. The second-order valence-corrected chi connectivity index (χ2v) is 11.9. The van der Waals surface area contributed by atoms with Crippen LogP contribution in [0.15, 0.2) is 34.7 Å². The zero-order chi connectivity index (χ0) is 25.0. The largest absolute Gasteiger partial charge is 0.479 e. The fourth-order valence-corrected chi connectivity index (χ4v) is 6.36. The van der Waals surface area contributed by atoms with E-state index < -0.39 is 5.92 Å². The van der Waals surface area contributed by atoms with Crippen molar-refractivity contribution in [3.63, 3.8) is 0 Å². The monoisotopic (exact) mass is 499 g/mol. The van der Waals surface area contributed by atoms with Crippen molar-refractivity contribution in [1.29, 1.82) is 0 Å². The number of ether oxygens (including phenoxy) is 1. The number of allylic oxidation sites excluding steroid dienone is 4. The van der Waals surface area contributed by atoms with Crippen LogP contribution in [0.2, 0.25) is 10.0 Å². The lowest BCUT2D eigenvalue weighted by Gasteiger charge is -2.49. The van der Waals surface area contributed by atoms with Gasteiger partial charge in [-0.3, -0.25) is 9.59 Å². The predicted molar refractivity (Wildman–Crippen MR) is 136 cm³/mol. The normalized spacial score (nSPS) is 21.9. The van der Waals surface area contributed by atoms with Crippen molar-refractivity contribution in [3.05, 3.63) is 50.3 Å². The highest BCUT2D eigenvalue weighted by molar-refractivity contribution is 6.35. The SMILES string of the molecule is C#CCOc1c(Cl)cc(Cl)cc1C1C2=C(CC(C)(C)CC2=O)N(CC)C2=C1C(=O)CC(C)(C)C2. The molecule has 1 aromatic rings. The fourth-order valence-electron chi connectivity index (χ4n) is 5.80. The number of hydrogen-bond donors (Lipinski definition) is 0. The van der Waals surface area contributed by atoms with Crippen molar-refractivity contribution in [2.75, 3.05) is 13.2 Å². The minimum absolute atomic E-state index is 0.0158. The molecule has 2 aliphatic carbocycles. The lowest BCUT2D eigenvalue weighted by Crippen LogP contribution is -2.44. The Kier molecular flexibility index (Phi) is 6.42. The van der Waals surface area contributed by atoms with Gasteiger partial charge in [0.25, 0.3) is 0 Å². The van der Waals surface area contributed by atoms with Crippen LogP contribution in [0.1, 0.15) is 71.8 Å². The van der Waals surface area contributed by atoms with Gasteiger partial charge in [0.05, 0.1) is 5.02 Å². The van der Waals surface area contributed by atoms with Gasteiger partial charge in [-0.25, -0.2) is 0 Å². The van der Waals surface area contributed by atoms with Gasteiger partial charge in [0, 0.05) is 58.4 Å². The molecule has 0 saturated heterocycles. The summed E-state index contributed by atoms with van der Waals surface area (Å²) in [5.41, 5.74) is 3.61.